The van der Waals surface area contributed by atoms with Gasteiger partial charge in [0, 0.05) is 18.6 Å². The number of aromatic nitrogens is 1. The van der Waals surface area contributed by atoms with Crippen LogP contribution in [0.2, 0.25) is 0 Å². The summed E-state index contributed by atoms with van der Waals surface area (Å²) in [6, 6.07) is 6.31. The molecule has 0 saturated heterocycles. The second-order valence-corrected chi connectivity index (χ2v) is 15.0. The molecular formula is C43H86Cl2N2. The van der Waals surface area contributed by atoms with Gasteiger partial charge in [-0.15, -0.1) is 0 Å². The standard InChI is InChI=1S/C22H48N.C21H38N.2ClH/c1-5-7-9-11-13-15-17-19-21-23(3,4)22-20-18-16-14-12-10-8-6-2;1-2-3-4-5-6-7-8-9-10-11-12-13-14-16-19-22-20-17-15-18-21-22;;/h5-22H2,1-4H3;15,17-18,20-21H,2-14,16,19H2,1H3;2*1H/q2*+1;;/p-2. The molecule has 0 aliphatic heterocycles. The van der Waals surface area contributed by atoms with Crippen LogP contribution in [-0.4, -0.2) is 31.7 Å². The second kappa shape index (κ2) is 41.9. The Kier molecular flexibility index (Phi) is 45.5. The SMILES string of the molecule is CCCCCCCCCCCCCCCC[n+]1ccccc1.CCCCCCCCCC[N+](C)(C)CCCCCCCCCC.[Cl-].[Cl-]. The number of nitrogens with zero attached hydrogens (tertiary/aromatic N) is 2. The van der Waals surface area contributed by atoms with Crippen LogP contribution in [0.15, 0.2) is 30.6 Å². The van der Waals surface area contributed by atoms with Gasteiger partial charge < -0.3 is 29.3 Å². The molecule has 0 N–H and O–H groups in total. The van der Waals surface area contributed by atoms with Crippen LogP contribution in [0, 0.1) is 0 Å². The maximum absolute atomic E-state index is 2.43. The van der Waals surface area contributed by atoms with E-state index >= 15 is 0 Å². The maximum Gasteiger partial charge on any atom is 0.168 e. The smallest absolute Gasteiger partial charge is 0.168 e. The Morgan fingerprint density at radius 1 is 0.340 bits per heavy atom. The van der Waals surface area contributed by atoms with E-state index in [1.165, 1.54) is 217 Å². The molecule has 0 aromatic carbocycles. The van der Waals surface area contributed by atoms with Crippen LogP contribution < -0.4 is 29.4 Å². The van der Waals surface area contributed by atoms with E-state index in [9.17, 15) is 0 Å². The lowest BCUT2D eigenvalue weighted by atomic mass is 10.0. The third kappa shape index (κ3) is 41.8. The minimum atomic E-state index is 0. The van der Waals surface area contributed by atoms with Crippen molar-refractivity contribution in [2.75, 3.05) is 27.2 Å². The molecule has 0 spiro atoms. The zero-order valence-electron chi connectivity index (χ0n) is 32.9. The van der Waals surface area contributed by atoms with Crippen LogP contribution in [0.4, 0.5) is 0 Å². The van der Waals surface area contributed by atoms with Crippen molar-refractivity contribution in [1.29, 1.82) is 0 Å². The van der Waals surface area contributed by atoms with E-state index < -0.39 is 0 Å². The number of halogens is 2. The molecule has 0 unspecified atom stereocenters. The molecule has 4 heteroatoms. The summed E-state index contributed by atoms with van der Waals surface area (Å²) in [5, 5.41) is 0. The van der Waals surface area contributed by atoms with E-state index in [1.54, 1.807) is 0 Å². The average molecular weight is 702 g/mol. The largest absolute Gasteiger partial charge is 1.00 e. The number of hydrogen-bond donors (Lipinski definition) is 0. The van der Waals surface area contributed by atoms with Gasteiger partial charge in [-0.1, -0.05) is 181 Å². The normalized spacial score (nSPS) is 11.0. The van der Waals surface area contributed by atoms with Gasteiger partial charge in [0.15, 0.2) is 12.4 Å². The molecule has 0 amide bonds. The lowest BCUT2D eigenvalue weighted by Crippen LogP contribution is -3.00. The number of hydrogen-bond acceptors (Lipinski definition) is 0. The predicted molar refractivity (Wildman–Crippen MR) is 204 cm³/mol. The number of pyridine rings is 1. The monoisotopic (exact) mass is 701 g/mol. The first kappa shape index (κ1) is 51.1. The van der Waals surface area contributed by atoms with Gasteiger partial charge in [-0.2, -0.15) is 0 Å². The highest BCUT2D eigenvalue weighted by atomic mass is 35.5. The fourth-order valence-corrected chi connectivity index (χ4v) is 6.53. The molecule has 0 radical (unpaired) electrons. The van der Waals surface area contributed by atoms with Crippen LogP contribution in [0.5, 0.6) is 0 Å². The van der Waals surface area contributed by atoms with E-state index in [-0.39, 0.29) is 24.8 Å². The summed E-state index contributed by atoms with van der Waals surface area (Å²) in [6.45, 7) is 10.8. The van der Waals surface area contributed by atoms with Gasteiger partial charge in [-0.05, 0) is 32.1 Å². The van der Waals surface area contributed by atoms with Crippen molar-refractivity contribution >= 4 is 0 Å². The molecule has 0 aliphatic carbocycles. The number of aryl methyl sites for hydroxylation is 1. The van der Waals surface area contributed by atoms with Crippen LogP contribution >= 0.6 is 0 Å². The average Bonchev–Trinajstić information content (AvgIpc) is 3.04. The lowest BCUT2D eigenvalue weighted by Gasteiger charge is -2.30. The molecule has 0 saturated carbocycles. The highest BCUT2D eigenvalue weighted by Crippen LogP contribution is 2.14. The van der Waals surface area contributed by atoms with Crippen molar-refractivity contribution in [2.45, 2.75) is 220 Å². The maximum atomic E-state index is 2.43. The molecule has 0 aliphatic rings. The molecule has 0 atom stereocenters. The van der Waals surface area contributed by atoms with Gasteiger partial charge >= 0.3 is 0 Å². The van der Waals surface area contributed by atoms with Crippen LogP contribution in [0.25, 0.3) is 0 Å². The van der Waals surface area contributed by atoms with Gasteiger partial charge in [-0.3, -0.25) is 0 Å². The summed E-state index contributed by atoms with van der Waals surface area (Å²) >= 11 is 0. The molecule has 1 heterocycles. The summed E-state index contributed by atoms with van der Waals surface area (Å²) in [7, 11) is 4.87. The Bertz CT molecular complexity index is 645. The first-order chi connectivity index (χ1) is 22.1. The van der Waals surface area contributed by atoms with Gasteiger partial charge in [0.1, 0.15) is 6.54 Å². The Morgan fingerprint density at radius 2 is 0.596 bits per heavy atom. The number of quaternary nitrogens is 1. The van der Waals surface area contributed by atoms with E-state index in [2.05, 4.69) is 70.0 Å². The fourth-order valence-electron chi connectivity index (χ4n) is 6.53. The summed E-state index contributed by atoms with van der Waals surface area (Å²) in [6.07, 6.45) is 47.5. The lowest BCUT2D eigenvalue weighted by molar-refractivity contribution is -0.890. The van der Waals surface area contributed by atoms with Crippen molar-refractivity contribution in [3.8, 4) is 0 Å². The predicted octanol–water partition coefficient (Wildman–Crippen LogP) is 7.81. The highest BCUT2D eigenvalue weighted by molar-refractivity contribution is 4.83. The zero-order valence-corrected chi connectivity index (χ0v) is 34.4. The molecule has 1 aromatic rings. The summed E-state index contributed by atoms with van der Waals surface area (Å²) < 4.78 is 3.53. The van der Waals surface area contributed by atoms with Crippen molar-refractivity contribution in [3.63, 3.8) is 0 Å². The van der Waals surface area contributed by atoms with Gasteiger partial charge in [-0.25, -0.2) is 4.57 Å². The Labute approximate surface area is 310 Å². The first-order valence-electron chi connectivity index (χ1n) is 20.8. The summed E-state index contributed by atoms with van der Waals surface area (Å²) in [5.74, 6) is 0. The fraction of sp³-hybridized carbons (Fsp3) is 0.884. The van der Waals surface area contributed by atoms with E-state index in [1.807, 2.05) is 0 Å². The molecule has 2 nitrogen and oxygen atoms in total. The van der Waals surface area contributed by atoms with E-state index in [4.69, 9.17) is 0 Å². The number of unbranched alkanes of at least 4 members (excludes halogenated alkanes) is 27. The molecule has 47 heavy (non-hydrogen) atoms. The minimum Gasteiger partial charge on any atom is -1.00 e. The van der Waals surface area contributed by atoms with Crippen LogP contribution in [-0.2, 0) is 6.54 Å². The van der Waals surface area contributed by atoms with Crippen molar-refractivity contribution in [1.82, 2.24) is 0 Å². The summed E-state index contributed by atoms with van der Waals surface area (Å²) in [5.41, 5.74) is 0. The first-order valence-corrected chi connectivity index (χ1v) is 20.8. The van der Waals surface area contributed by atoms with Gasteiger partial charge in [0.05, 0.1) is 27.2 Å². The summed E-state index contributed by atoms with van der Waals surface area (Å²) in [4.78, 5) is 0. The zero-order chi connectivity index (χ0) is 32.9. The molecule has 1 aromatic heterocycles. The molecule has 0 bridgehead atoms. The number of rotatable bonds is 33. The van der Waals surface area contributed by atoms with Gasteiger partial charge in [0.25, 0.3) is 0 Å². The quantitative estimate of drug-likeness (QED) is 0.0400. The highest BCUT2D eigenvalue weighted by Gasteiger charge is 2.13. The third-order valence-corrected chi connectivity index (χ3v) is 9.78. The molecule has 1 rings (SSSR count). The Balaban J connectivity index is -0.000000791. The third-order valence-electron chi connectivity index (χ3n) is 9.78. The van der Waals surface area contributed by atoms with Crippen molar-refractivity contribution in [2.24, 2.45) is 0 Å². The van der Waals surface area contributed by atoms with Crippen LogP contribution in [0.3, 0.4) is 0 Å². The van der Waals surface area contributed by atoms with Crippen molar-refractivity contribution in [3.05, 3.63) is 30.6 Å². The molecule has 282 valence electrons. The van der Waals surface area contributed by atoms with E-state index in [0.29, 0.717) is 0 Å². The molecular weight excluding hydrogens is 615 g/mol. The topological polar surface area (TPSA) is 3.88 Å². The van der Waals surface area contributed by atoms with Crippen molar-refractivity contribution < 1.29 is 33.9 Å². The molecule has 0 fully saturated rings. The van der Waals surface area contributed by atoms with Gasteiger partial charge in [0.2, 0.25) is 0 Å². The Morgan fingerprint density at radius 3 is 0.894 bits per heavy atom. The Hall–Kier alpha value is -0.310. The second-order valence-electron chi connectivity index (χ2n) is 15.0. The van der Waals surface area contributed by atoms with Crippen LogP contribution in [0.1, 0.15) is 213 Å². The minimum absolute atomic E-state index is 0. The van der Waals surface area contributed by atoms with E-state index in [0.717, 1.165) is 0 Å².